The quantitative estimate of drug-likeness (QED) is 0.585. The lowest BCUT2D eigenvalue weighted by molar-refractivity contribution is -0.121. The summed E-state index contributed by atoms with van der Waals surface area (Å²) in [5, 5.41) is 5.40. The maximum absolute atomic E-state index is 11.7. The number of thiocarbonyl (C=S) groups is 1. The molecule has 0 atom stereocenters. The highest BCUT2D eigenvalue weighted by atomic mass is 32.1. The Kier molecular flexibility index (Phi) is 6.18. The summed E-state index contributed by atoms with van der Waals surface area (Å²) >= 11 is 6.81. The van der Waals surface area contributed by atoms with Crippen molar-refractivity contribution in [2.24, 2.45) is 0 Å². The summed E-state index contributed by atoms with van der Waals surface area (Å²) in [7, 11) is 0. The van der Waals surface area contributed by atoms with Crippen LogP contribution in [0, 0.1) is 0 Å². The molecule has 2 aromatic rings. The highest BCUT2D eigenvalue weighted by Crippen LogP contribution is 2.11. The van der Waals surface area contributed by atoms with Gasteiger partial charge in [-0.25, -0.2) is 0 Å². The van der Waals surface area contributed by atoms with Gasteiger partial charge in [0.1, 0.15) is 0 Å². The number of aryl methyl sites for hydroxylation is 1. The Labute approximate surface area is 133 Å². The van der Waals surface area contributed by atoms with Crippen LogP contribution in [-0.4, -0.2) is 11.0 Å². The van der Waals surface area contributed by atoms with E-state index < -0.39 is 0 Å². The predicted octanol–water partition coefficient (Wildman–Crippen LogP) is 3.09. The first-order valence-corrected chi connectivity index (χ1v) is 7.96. The van der Waals surface area contributed by atoms with Crippen LogP contribution in [0.4, 0.5) is 5.69 Å². The molecule has 1 heterocycles. The zero-order valence-corrected chi connectivity index (χ0v) is 13.1. The summed E-state index contributed by atoms with van der Waals surface area (Å²) in [5.74, 6) is -0.0660. The van der Waals surface area contributed by atoms with Gasteiger partial charge in [0.2, 0.25) is 5.91 Å². The third-order valence-corrected chi connectivity index (χ3v) is 3.89. The maximum atomic E-state index is 11.7. The molecule has 1 aromatic carbocycles. The Hall–Kier alpha value is -1.92. The molecule has 21 heavy (non-hydrogen) atoms. The number of thiophene rings is 1. The number of hydrogen-bond donors (Lipinski definition) is 3. The van der Waals surface area contributed by atoms with E-state index in [4.69, 9.17) is 12.2 Å². The summed E-state index contributed by atoms with van der Waals surface area (Å²) in [6.45, 7) is 0. The molecule has 6 heteroatoms. The standard InChI is InChI=1S/C15H17N3OS2/c19-14(10-4-8-13-9-5-11-21-13)17-18-15(20)16-12-6-2-1-3-7-12/h1-3,5-7,9,11H,4,8,10H2,(H,17,19)(H2,16,18,20). The van der Waals surface area contributed by atoms with Gasteiger partial charge in [-0.1, -0.05) is 24.3 Å². The van der Waals surface area contributed by atoms with Gasteiger partial charge >= 0.3 is 0 Å². The Morgan fingerprint density at radius 2 is 1.90 bits per heavy atom. The molecule has 0 aliphatic rings. The molecule has 0 aliphatic carbocycles. The van der Waals surface area contributed by atoms with E-state index in [0.29, 0.717) is 11.5 Å². The van der Waals surface area contributed by atoms with E-state index in [0.717, 1.165) is 18.5 Å². The molecule has 1 amide bonds. The fourth-order valence-electron chi connectivity index (χ4n) is 1.75. The number of amides is 1. The average molecular weight is 319 g/mol. The van der Waals surface area contributed by atoms with Crippen molar-refractivity contribution in [1.29, 1.82) is 0 Å². The highest BCUT2D eigenvalue weighted by Gasteiger charge is 2.03. The summed E-state index contributed by atoms with van der Waals surface area (Å²) in [4.78, 5) is 13.0. The topological polar surface area (TPSA) is 53.2 Å². The fraction of sp³-hybridized carbons (Fsp3) is 0.200. The van der Waals surface area contributed by atoms with Crippen LogP contribution in [0.3, 0.4) is 0 Å². The zero-order chi connectivity index (χ0) is 14.9. The Morgan fingerprint density at radius 3 is 2.62 bits per heavy atom. The molecule has 0 radical (unpaired) electrons. The Bertz CT molecular complexity index is 570. The van der Waals surface area contributed by atoms with Crippen molar-refractivity contribution in [3.8, 4) is 0 Å². The highest BCUT2D eigenvalue weighted by molar-refractivity contribution is 7.80. The normalized spacial score (nSPS) is 9.90. The minimum Gasteiger partial charge on any atom is -0.331 e. The molecule has 0 saturated heterocycles. The minimum absolute atomic E-state index is 0.0660. The van der Waals surface area contributed by atoms with E-state index in [2.05, 4.69) is 22.2 Å². The average Bonchev–Trinajstić information content (AvgIpc) is 2.99. The van der Waals surface area contributed by atoms with Gasteiger partial charge in [0, 0.05) is 17.0 Å². The van der Waals surface area contributed by atoms with Crippen LogP contribution in [0.15, 0.2) is 47.8 Å². The molecule has 4 nitrogen and oxygen atoms in total. The van der Waals surface area contributed by atoms with Crippen molar-refractivity contribution < 1.29 is 4.79 Å². The Balaban J connectivity index is 1.61. The molecule has 0 aliphatic heterocycles. The molecule has 2 rings (SSSR count). The zero-order valence-electron chi connectivity index (χ0n) is 11.5. The third-order valence-electron chi connectivity index (χ3n) is 2.75. The van der Waals surface area contributed by atoms with Crippen molar-refractivity contribution in [3.63, 3.8) is 0 Å². The lowest BCUT2D eigenvalue weighted by atomic mass is 10.2. The predicted molar refractivity (Wildman–Crippen MR) is 91.2 cm³/mol. The Morgan fingerprint density at radius 1 is 1.10 bits per heavy atom. The van der Waals surface area contributed by atoms with Crippen molar-refractivity contribution in [2.75, 3.05) is 5.32 Å². The van der Waals surface area contributed by atoms with Gasteiger partial charge in [-0.15, -0.1) is 11.3 Å². The smallest absolute Gasteiger partial charge is 0.238 e. The maximum Gasteiger partial charge on any atom is 0.238 e. The van der Waals surface area contributed by atoms with E-state index in [1.807, 2.05) is 41.8 Å². The van der Waals surface area contributed by atoms with Gasteiger partial charge < -0.3 is 5.32 Å². The van der Waals surface area contributed by atoms with Crippen molar-refractivity contribution >= 4 is 40.3 Å². The molecule has 1 aromatic heterocycles. The van der Waals surface area contributed by atoms with Gasteiger partial charge in [0.05, 0.1) is 0 Å². The van der Waals surface area contributed by atoms with Gasteiger partial charge in [0.25, 0.3) is 0 Å². The van der Waals surface area contributed by atoms with Crippen molar-refractivity contribution in [2.45, 2.75) is 19.3 Å². The number of para-hydroxylation sites is 1. The van der Waals surface area contributed by atoms with E-state index in [1.165, 1.54) is 4.88 Å². The molecular weight excluding hydrogens is 302 g/mol. The summed E-state index contributed by atoms with van der Waals surface area (Å²) < 4.78 is 0. The third kappa shape index (κ3) is 5.93. The molecule has 0 saturated carbocycles. The number of rotatable bonds is 5. The molecule has 3 N–H and O–H groups in total. The SMILES string of the molecule is O=C(CCCc1cccs1)NNC(=S)Nc1ccccc1. The van der Waals surface area contributed by atoms with Crippen LogP contribution >= 0.6 is 23.6 Å². The number of hydrogen-bond acceptors (Lipinski definition) is 3. The van der Waals surface area contributed by atoms with E-state index >= 15 is 0 Å². The number of carbonyl (C=O) groups excluding carboxylic acids is 1. The summed E-state index contributed by atoms with van der Waals surface area (Å²) in [5.41, 5.74) is 6.17. The van der Waals surface area contributed by atoms with Crippen LogP contribution in [0.2, 0.25) is 0 Å². The monoisotopic (exact) mass is 319 g/mol. The lowest BCUT2D eigenvalue weighted by Crippen LogP contribution is -2.43. The number of anilines is 1. The summed E-state index contributed by atoms with van der Waals surface area (Å²) in [6, 6.07) is 13.7. The van der Waals surface area contributed by atoms with Gasteiger partial charge in [0.15, 0.2) is 5.11 Å². The number of carbonyl (C=O) groups is 1. The number of nitrogens with one attached hydrogen (secondary N) is 3. The first kappa shape index (κ1) is 15.5. The minimum atomic E-state index is -0.0660. The van der Waals surface area contributed by atoms with Crippen LogP contribution in [-0.2, 0) is 11.2 Å². The van der Waals surface area contributed by atoms with Gasteiger partial charge in [-0.2, -0.15) is 0 Å². The first-order valence-electron chi connectivity index (χ1n) is 6.67. The van der Waals surface area contributed by atoms with E-state index in [-0.39, 0.29) is 5.91 Å². The van der Waals surface area contributed by atoms with Crippen molar-refractivity contribution in [1.82, 2.24) is 10.9 Å². The largest absolute Gasteiger partial charge is 0.331 e. The molecule has 0 spiro atoms. The molecule has 0 unspecified atom stereocenters. The van der Waals surface area contributed by atoms with Crippen LogP contribution in [0.5, 0.6) is 0 Å². The number of hydrazine groups is 1. The van der Waals surface area contributed by atoms with Crippen LogP contribution in [0.1, 0.15) is 17.7 Å². The van der Waals surface area contributed by atoms with Crippen molar-refractivity contribution in [3.05, 3.63) is 52.7 Å². The second kappa shape index (κ2) is 8.39. The van der Waals surface area contributed by atoms with E-state index in [1.54, 1.807) is 11.3 Å². The summed E-state index contributed by atoms with van der Waals surface area (Å²) in [6.07, 6.45) is 2.23. The van der Waals surface area contributed by atoms with Crippen LogP contribution in [0.25, 0.3) is 0 Å². The van der Waals surface area contributed by atoms with E-state index in [9.17, 15) is 4.79 Å². The van der Waals surface area contributed by atoms with Gasteiger partial charge in [-0.05, 0) is 48.6 Å². The van der Waals surface area contributed by atoms with Crippen LogP contribution < -0.4 is 16.2 Å². The second-order valence-electron chi connectivity index (χ2n) is 4.43. The second-order valence-corrected chi connectivity index (χ2v) is 5.87. The number of benzene rings is 1. The molecule has 110 valence electrons. The molecule has 0 fully saturated rings. The fourth-order valence-corrected chi connectivity index (χ4v) is 2.67. The molecule has 0 bridgehead atoms. The molecular formula is C15H17N3OS2. The lowest BCUT2D eigenvalue weighted by Gasteiger charge is -2.11. The van der Waals surface area contributed by atoms with Gasteiger partial charge in [-0.3, -0.25) is 15.6 Å². The first-order chi connectivity index (χ1) is 10.2.